The molecule has 0 radical (unpaired) electrons. The molecule has 0 aliphatic carbocycles. The fraction of sp³-hybridized carbons (Fsp3) is 0.412. The number of β-lactam (4-membered cyclic amide) rings is 1. The number of rotatable bonds is 16. The molecule has 14 nitrogen and oxygen atoms in total. The Kier molecular flexibility index (Phi) is 12.2. The summed E-state index contributed by atoms with van der Waals surface area (Å²) in [5.74, 6) is -3.54. The van der Waals surface area contributed by atoms with Crippen molar-refractivity contribution in [1.29, 1.82) is 5.41 Å². The van der Waals surface area contributed by atoms with Crippen LogP contribution in [0.25, 0.3) is 0 Å². The Morgan fingerprint density at radius 1 is 1.10 bits per heavy atom. The van der Waals surface area contributed by atoms with E-state index < -0.39 is 47.0 Å². The van der Waals surface area contributed by atoms with Crippen LogP contribution in [0.2, 0.25) is 0 Å². The van der Waals surface area contributed by atoms with E-state index in [2.05, 4.69) is 25.9 Å². The Bertz CT molecular complexity index is 1760. The van der Waals surface area contributed by atoms with Gasteiger partial charge in [0.2, 0.25) is 23.2 Å². The molecule has 1 aliphatic heterocycles. The van der Waals surface area contributed by atoms with Crippen molar-refractivity contribution < 1.29 is 33.4 Å². The van der Waals surface area contributed by atoms with Gasteiger partial charge in [0.25, 0.3) is 0 Å². The Hall–Kier alpha value is -5.18. The first kappa shape index (κ1) is 36.7. The fourth-order valence-corrected chi connectivity index (χ4v) is 5.60. The topological polar surface area (TPSA) is 209 Å². The third-order valence-corrected chi connectivity index (χ3v) is 8.29. The summed E-state index contributed by atoms with van der Waals surface area (Å²) in [5.41, 5.74) is 0.142. The van der Waals surface area contributed by atoms with Crippen molar-refractivity contribution in [2.75, 3.05) is 6.54 Å². The maximum atomic E-state index is 12.8. The van der Waals surface area contributed by atoms with Gasteiger partial charge in [-0.1, -0.05) is 37.3 Å². The molecule has 1 aliphatic rings. The summed E-state index contributed by atoms with van der Waals surface area (Å²) >= 11 is 1.13. The van der Waals surface area contributed by atoms with E-state index in [0.717, 1.165) is 16.9 Å². The molecule has 2 aromatic heterocycles. The highest BCUT2D eigenvalue weighted by molar-refractivity contribution is 7.10. The number of nitrogens with one attached hydrogen (secondary N) is 5. The zero-order valence-corrected chi connectivity index (χ0v) is 28.5. The first-order chi connectivity index (χ1) is 23.2. The molecule has 1 fully saturated rings. The molecule has 1 saturated heterocycles. The molecule has 0 unspecified atom stereocenters. The fourth-order valence-electron chi connectivity index (χ4n) is 4.83. The van der Waals surface area contributed by atoms with Crippen LogP contribution < -0.4 is 26.1 Å². The van der Waals surface area contributed by atoms with Crippen molar-refractivity contribution in [1.82, 2.24) is 25.9 Å². The van der Waals surface area contributed by atoms with E-state index in [4.69, 9.17) is 14.9 Å². The minimum atomic E-state index is -0.746. The molecule has 0 spiro atoms. The quantitative estimate of drug-likeness (QED) is 0.0845. The van der Waals surface area contributed by atoms with Crippen molar-refractivity contribution in [2.45, 2.75) is 71.8 Å². The monoisotopic (exact) mass is 692 g/mol. The number of carbonyl (C=O) groups excluding carboxylic acids is 5. The number of nitrogens with zero attached hydrogens (tertiary/aromatic N) is 1. The number of carbonyl (C=O) groups is 5. The Morgan fingerprint density at radius 2 is 1.84 bits per heavy atom. The number of pyridine rings is 1. The lowest BCUT2D eigenvalue weighted by Gasteiger charge is -2.36. The molecule has 3 amide bonds. The van der Waals surface area contributed by atoms with Gasteiger partial charge in [-0.05, 0) is 26.3 Å². The Labute approximate surface area is 286 Å². The number of aromatic nitrogens is 2. The minimum absolute atomic E-state index is 0.0402. The number of aromatic amines is 1. The molecule has 0 saturated carbocycles. The lowest BCUT2D eigenvalue weighted by molar-refractivity contribution is -0.154. The van der Waals surface area contributed by atoms with Crippen LogP contribution in [-0.2, 0) is 48.3 Å². The normalized spacial score (nSPS) is 16.0. The average molecular weight is 693 g/mol. The molecule has 3 aromatic rings. The van der Waals surface area contributed by atoms with Crippen LogP contribution in [0.3, 0.4) is 0 Å². The van der Waals surface area contributed by atoms with Crippen molar-refractivity contribution in [3.05, 3.63) is 80.2 Å². The van der Waals surface area contributed by atoms with Crippen LogP contribution in [0, 0.1) is 17.2 Å². The van der Waals surface area contributed by atoms with Crippen LogP contribution in [0.5, 0.6) is 5.75 Å². The smallest absolute Gasteiger partial charge is 0.313 e. The minimum Gasteiger partial charge on any atom is -0.483 e. The highest BCUT2D eigenvalue weighted by Gasteiger charge is 2.41. The number of Topliss-reactive ketones (excluding diaryl/α,β-unsaturated/α-hetero) is 1. The molecule has 49 heavy (non-hydrogen) atoms. The maximum absolute atomic E-state index is 12.8. The van der Waals surface area contributed by atoms with Crippen LogP contribution in [0.4, 0.5) is 0 Å². The molecule has 260 valence electrons. The Morgan fingerprint density at radius 3 is 2.51 bits per heavy atom. The summed E-state index contributed by atoms with van der Waals surface area (Å²) in [6.45, 7) is 7.16. The van der Waals surface area contributed by atoms with Gasteiger partial charge in [-0.25, -0.2) is 4.98 Å². The van der Waals surface area contributed by atoms with E-state index in [9.17, 15) is 28.8 Å². The van der Waals surface area contributed by atoms with E-state index in [1.165, 1.54) is 17.6 Å². The molecule has 3 heterocycles. The number of amides is 3. The predicted molar refractivity (Wildman–Crippen MR) is 180 cm³/mol. The molecular formula is C34H40N6O8S. The number of hydrogen-bond donors (Lipinski definition) is 5. The summed E-state index contributed by atoms with van der Waals surface area (Å²) in [6.07, 6.45) is 0.991. The number of H-pyrrole nitrogens is 1. The van der Waals surface area contributed by atoms with Crippen LogP contribution in [0.15, 0.2) is 52.8 Å². The van der Waals surface area contributed by atoms with Crippen LogP contribution in [-0.4, -0.2) is 63.3 Å². The molecule has 5 N–H and O–H groups in total. The summed E-state index contributed by atoms with van der Waals surface area (Å²) in [5, 5.41) is 18.2. The van der Waals surface area contributed by atoms with Crippen molar-refractivity contribution in [3.8, 4) is 5.75 Å². The Balaban J connectivity index is 1.17. The molecule has 4 rings (SSSR count). The molecular weight excluding hydrogens is 652 g/mol. The summed E-state index contributed by atoms with van der Waals surface area (Å²) in [6, 6.07) is 10.2. The van der Waals surface area contributed by atoms with Crippen LogP contribution in [0.1, 0.15) is 62.5 Å². The molecule has 1 aromatic carbocycles. The highest BCUT2D eigenvalue weighted by Crippen LogP contribution is 2.21. The van der Waals surface area contributed by atoms with Gasteiger partial charge >= 0.3 is 5.97 Å². The first-order valence-corrected chi connectivity index (χ1v) is 16.6. The van der Waals surface area contributed by atoms with Crippen molar-refractivity contribution in [3.63, 3.8) is 0 Å². The second-order valence-corrected chi connectivity index (χ2v) is 13.6. The number of ether oxygens (including phenoxy) is 2. The van der Waals surface area contributed by atoms with E-state index >= 15 is 0 Å². The number of hydrogen-bond acceptors (Lipinski definition) is 11. The van der Waals surface area contributed by atoms with Crippen molar-refractivity contribution in [2.24, 2.45) is 11.8 Å². The lowest BCUT2D eigenvalue weighted by atomic mass is 9.84. The first-order valence-electron chi connectivity index (χ1n) is 15.7. The molecule has 0 bridgehead atoms. The lowest BCUT2D eigenvalue weighted by Crippen LogP contribution is -2.63. The zero-order chi connectivity index (χ0) is 35.7. The largest absolute Gasteiger partial charge is 0.483 e. The number of benzene rings is 1. The second kappa shape index (κ2) is 16.3. The zero-order valence-electron chi connectivity index (χ0n) is 27.7. The standard InChI is InChI=1S/C34H40N6O8S/c1-19(10-28(43)37-14-21-11-25(41)27(16-36-21)47-17-20-8-6-5-7-9-20)32(45)38-15-23-22(33(46)40-23)12-26(42)31(35)24-18-49-29(39-24)13-30(44)48-34(2,3)4/h5-9,11,16,18-19,22-23,35H,10,12-15,17H2,1-4H3,(H,36,41)(H,37,43)(H,38,45)(H,40,46)/t19-,22-,23+/m0/s1. The van der Waals surface area contributed by atoms with Crippen LogP contribution >= 0.6 is 11.3 Å². The van der Waals surface area contributed by atoms with E-state index in [-0.39, 0.29) is 67.4 Å². The van der Waals surface area contributed by atoms with Gasteiger partial charge in [0.05, 0.1) is 24.9 Å². The molecule has 15 heteroatoms. The third-order valence-electron chi connectivity index (χ3n) is 7.44. The van der Waals surface area contributed by atoms with Gasteiger partial charge in [-0.3, -0.25) is 34.2 Å². The van der Waals surface area contributed by atoms with Crippen molar-refractivity contribution >= 4 is 46.5 Å². The number of thiazole rings is 1. The maximum Gasteiger partial charge on any atom is 0.313 e. The second-order valence-electron chi connectivity index (χ2n) is 12.7. The van der Waals surface area contributed by atoms with E-state index in [0.29, 0.717) is 10.7 Å². The summed E-state index contributed by atoms with van der Waals surface area (Å²) in [7, 11) is 0. The third kappa shape index (κ3) is 10.9. The summed E-state index contributed by atoms with van der Waals surface area (Å²) in [4.78, 5) is 81.9. The molecule has 3 atom stereocenters. The van der Waals surface area contributed by atoms with E-state index in [1.54, 1.807) is 27.7 Å². The van der Waals surface area contributed by atoms with Gasteiger partial charge in [-0.2, -0.15) is 0 Å². The van der Waals surface area contributed by atoms with Gasteiger partial charge in [0.15, 0.2) is 11.5 Å². The van der Waals surface area contributed by atoms with E-state index in [1.807, 2.05) is 30.3 Å². The number of ketones is 1. The van der Waals surface area contributed by atoms with Gasteiger partial charge in [0.1, 0.15) is 28.6 Å². The predicted octanol–water partition coefficient (Wildman–Crippen LogP) is 2.20. The van der Waals surface area contributed by atoms with Gasteiger partial charge in [-0.15, -0.1) is 11.3 Å². The number of esters is 1. The SMILES string of the molecule is C[C@@H](CC(=O)NCc1cc(=O)c(OCc2ccccc2)c[nH]1)C(=O)NC[C@H]1NC(=O)[C@H]1CC(=O)C(=N)c1csc(CC(=O)OC(C)(C)C)n1. The average Bonchev–Trinajstić information content (AvgIpc) is 3.51. The van der Waals surface area contributed by atoms with Gasteiger partial charge in [0, 0.05) is 48.6 Å². The van der Waals surface area contributed by atoms with Gasteiger partial charge < -0.3 is 30.4 Å². The summed E-state index contributed by atoms with van der Waals surface area (Å²) < 4.78 is 10.9. The highest BCUT2D eigenvalue weighted by atomic mass is 32.1.